The highest BCUT2D eigenvalue weighted by molar-refractivity contribution is 5.92. The number of carbonyl (C=O) groups excluding carboxylic acids is 1. The van der Waals surface area contributed by atoms with Crippen molar-refractivity contribution in [2.45, 2.75) is 13.0 Å². The number of hydrogen-bond donors (Lipinski definition) is 1. The molecule has 25 heavy (non-hydrogen) atoms. The van der Waals surface area contributed by atoms with Crippen molar-refractivity contribution in [2.75, 3.05) is 21.3 Å². The van der Waals surface area contributed by atoms with Crippen LogP contribution in [0.3, 0.4) is 0 Å². The van der Waals surface area contributed by atoms with Crippen LogP contribution in [0, 0.1) is 0 Å². The summed E-state index contributed by atoms with van der Waals surface area (Å²) in [4.78, 5) is 12.1. The molecule has 2 aromatic carbocycles. The van der Waals surface area contributed by atoms with Gasteiger partial charge in [0.15, 0.2) is 11.5 Å². The van der Waals surface area contributed by atoms with Crippen LogP contribution in [0.2, 0.25) is 0 Å². The smallest absolute Gasteiger partial charge is 0.244 e. The third kappa shape index (κ3) is 5.01. The topological polar surface area (TPSA) is 56.8 Å². The SMILES string of the molecule is COc1ccc(/C=C/C(=O)NC(C)c2ccc(OC)c(OC)c2)cc1. The number of methoxy groups -OCH3 is 3. The molecule has 0 fully saturated rings. The molecular weight excluding hydrogens is 318 g/mol. The fraction of sp³-hybridized carbons (Fsp3) is 0.250. The molecule has 0 heterocycles. The summed E-state index contributed by atoms with van der Waals surface area (Å²) in [5.74, 6) is 1.90. The molecule has 0 aliphatic carbocycles. The van der Waals surface area contributed by atoms with E-state index in [1.165, 1.54) is 6.08 Å². The van der Waals surface area contributed by atoms with Crippen molar-refractivity contribution in [1.82, 2.24) is 5.32 Å². The molecule has 0 spiro atoms. The van der Waals surface area contributed by atoms with Gasteiger partial charge in [0.1, 0.15) is 5.75 Å². The first-order valence-electron chi connectivity index (χ1n) is 7.92. The minimum Gasteiger partial charge on any atom is -0.497 e. The normalized spacial score (nSPS) is 11.8. The van der Waals surface area contributed by atoms with Crippen LogP contribution in [0.5, 0.6) is 17.2 Å². The first-order chi connectivity index (χ1) is 12.1. The standard InChI is InChI=1S/C20H23NO4/c1-14(16-8-11-18(24-3)19(13-16)25-4)21-20(22)12-7-15-5-9-17(23-2)10-6-15/h5-14H,1-4H3,(H,21,22)/b12-7+. The number of rotatable bonds is 7. The molecule has 2 rings (SSSR count). The maximum atomic E-state index is 12.1. The average molecular weight is 341 g/mol. The summed E-state index contributed by atoms with van der Waals surface area (Å²) in [7, 11) is 4.79. The van der Waals surface area contributed by atoms with Gasteiger partial charge in [-0.3, -0.25) is 4.79 Å². The van der Waals surface area contributed by atoms with E-state index in [9.17, 15) is 4.79 Å². The highest BCUT2D eigenvalue weighted by Gasteiger charge is 2.11. The van der Waals surface area contributed by atoms with Crippen LogP contribution in [0.4, 0.5) is 0 Å². The number of benzene rings is 2. The first-order valence-corrected chi connectivity index (χ1v) is 7.92. The quantitative estimate of drug-likeness (QED) is 0.782. The summed E-state index contributed by atoms with van der Waals surface area (Å²) in [6.45, 7) is 1.92. The van der Waals surface area contributed by atoms with Gasteiger partial charge in [-0.2, -0.15) is 0 Å². The first kappa shape index (κ1) is 18.4. The van der Waals surface area contributed by atoms with Crippen LogP contribution in [0.25, 0.3) is 6.08 Å². The Morgan fingerprint density at radius 2 is 1.64 bits per heavy atom. The van der Waals surface area contributed by atoms with E-state index in [2.05, 4.69) is 5.32 Å². The molecule has 0 bridgehead atoms. The van der Waals surface area contributed by atoms with Crippen molar-refractivity contribution in [1.29, 1.82) is 0 Å². The second kappa shape index (κ2) is 8.78. The van der Waals surface area contributed by atoms with Crippen LogP contribution in [0.1, 0.15) is 24.1 Å². The van der Waals surface area contributed by atoms with Gasteiger partial charge in [-0.1, -0.05) is 18.2 Å². The van der Waals surface area contributed by atoms with E-state index in [-0.39, 0.29) is 11.9 Å². The Morgan fingerprint density at radius 1 is 0.960 bits per heavy atom. The van der Waals surface area contributed by atoms with Crippen molar-refractivity contribution >= 4 is 12.0 Å². The molecule has 1 N–H and O–H groups in total. The second-order valence-electron chi connectivity index (χ2n) is 5.45. The van der Waals surface area contributed by atoms with E-state index >= 15 is 0 Å². The maximum Gasteiger partial charge on any atom is 0.244 e. The molecule has 0 saturated heterocycles. The van der Waals surface area contributed by atoms with Crippen LogP contribution in [0.15, 0.2) is 48.5 Å². The molecule has 0 radical (unpaired) electrons. The van der Waals surface area contributed by atoms with Gasteiger partial charge in [-0.05, 0) is 48.4 Å². The molecular formula is C20H23NO4. The highest BCUT2D eigenvalue weighted by atomic mass is 16.5. The number of carbonyl (C=O) groups is 1. The Morgan fingerprint density at radius 3 is 2.24 bits per heavy atom. The van der Waals surface area contributed by atoms with Gasteiger partial charge in [-0.25, -0.2) is 0 Å². The summed E-state index contributed by atoms with van der Waals surface area (Å²) < 4.78 is 15.6. The molecule has 1 amide bonds. The zero-order chi connectivity index (χ0) is 18.2. The Balaban J connectivity index is 2.00. The van der Waals surface area contributed by atoms with Crippen molar-refractivity contribution in [3.05, 3.63) is 59.7 Å². The lowest BCUT2D eigenvalue weighted by Gasteiger charge is -2.15. The van der Waals surface area contributed by atoms with Gasteiger partial charge in [0.05, 0.1) is 27.4 Å². The van der Waals surface area contributed by atoms with Gasteiger partial charge in [0.25, 0.3) is 0 Å². The van der Waals surface area contributed by atoms with Crippen LogP contribution in [-0.2, 0) is 4.79 Å². The van der Waals surface area contributed by atoms with Crippen molar-refractivity contribution in [2.24, 2.45) is 0 Å². The largest absolute Gasteiger partial charge is 0.497 e. The van der Waals surface area contributed by atoms with Gasteiger partial charge >= 0.3 is 0 Å². The Kier molecular flexibility index (Phi) is 6.46. The molecule has 5 nitrogen and oxygen atoms in total. The highest BCUT2D eigenvalue weighted by Crippen LogP contribution is 2.29. The Hall–Kier alpha value is -2.95. The predicted octanol–water partition coefficient (Wildman–Crippen LogP) is 3.60. The van der Waals surface area contributed by atoms with Gasteiger partial charge in [0, 0.05) is 6.08 Å². The number of nitrogens with one attached hydrogen (secondary N) is 1. The minimum atomic E-state index is -0.168. The maximum absolute atomic E-state index is 12.1. The molecule has 0 saturated carbocycles. The lowest BCUT2D eigenvalue weighted by Crippen LogP contribution is -2.24. The molecule has 2 aromatic rings. The van der Waals surface area contributed by atoms with Crippen molar-refractivity contribution in [3.8, 4) is 17.2 Å². The molecule has 5 heteroatoms. The average Bonchev–Trinajstić information content (AvgIpc) is 2.66. The monoisotopic (exact) mass is 341 g/mol. The fourth-order valence-electron chi connectivity index (χ4n) is 2.35. The molecule has 132 valence electrons. The number of hydrogen-bond acceptors (Lipinski definition) is 4. The third-order valence-electron chi connectivity index (χ3n) is 3.81. The van der Waals surface area contributed by atoms with Gasteiger partial charge < -0.3 is 19.5 Å². The predicted molar refractivity (Wildman–Crippen MR) is 98.1 cm³/mol. The summed E-state index contributed by atoms with van der Waals surface area (Å²) in [5.41, 5.74) is 1.86. The van der Waals surface area contributed by atoms with E-state index in [0.29, 0.717) is 11.5 Å². The van der Waals surface area contributed by atoms with Crippen LogP contribution < -0.4 is 19.5 Å². The number of ether oxygens (including phenoxy) is 3. The van der Waals surface area contributed by atoms with E-state index < -0.39 is 0 Å². The van der Waals surface area contributed by atoms with E-state index in [4.69, 9.17) is 14.2 Å². The number of amides is 1. The molecule has 1 unspecified atom stereocenters. The Labute approximate surface area is 148 Å². The van der Waals surface area contributed by atoms with Crippen LogP contribution in [-0.4, -0.2) is 27.2 Å². The molecule has 0 aliphatic rings. The molecule has 0 aliphatic heterocycles. The summed E-state index contributed by atoms with van der Waals surface area (Å²) in [5, 5.41) is 2.93. The van der Waals surface area contributed by atoms with Crippen molar-refractivity contribution in [3.63, 3.8) is 0 Å². The minimum absolute atomic E-state index is 0.159. The zero-order valence-electron chi connectivity index (χ0n) is 14.9. The third-order valence-corrected chi connectivity index (χ3v) is 3.81. The van der Waals surface area contributed by atoms with Gasteiger partial charge in [-0.15, -0.1) is 0 Å². The van der Waals surface area contributed by atoms with Gasteiger partial charge in [0.2, 0.25) is 5.91 Å². The van der Waals surface area contributed by atoms with Crippen molar-refractivity contribution < 1.29 is 19.0 Å². The lowest BCUT2D eigenvalue weighted by atomic mass is 10.1. The summed E-state index contributed by atoms with van der Waals surface area (Å²) in [6.07, 6.45) is 3.27. The lowest BCUT2D eigenvalue weighted by molar-refractivity contribution is -0.117. The van der Waals surface area contributed by atoms with E-state index in [1.54, 1.807) is 27.4 Å². The fourth-order valence-corrected chi connectivity index (χ4v) is 2.35. The second-order valence-corrected chi connectivity index (χ2v) is 5.45. The Bertz CT molecular complexity index is 738. The zero-order valence-corrected chi connectivity index (χ0v) is 14.9. The summed E-state index contributed by atoms with van der Waals surface area (Å²) in [6, 6.07) is 12.9. The van der Waals surface area contributed by atoms with Crippen LogP contribution >= 0.6 is 0 Å². The molecule has 0 aromatic heterocycles. The van der Waals surface area contributed by atoms with E-state index in [1.807, 2.05) is 49.4 Å². The van der Waals surface area contributed by atoms with E-state index in [0.717, 1.165) is 16.9 Å². The summed E-state index contributed by atoms with van der Waals surface area (Å²) >= 11 is 0. The molecule has 1 atom stereocenters.